The number of carboxylic acids is 1. The van der Waals surface area contributed by atoms with Crippen molar-refractivity contribution in [2.75, 3.05) is 19.3 Å². The van der Waals surface area contributed by atoms with Crippen molar-refractivity contribution >= 4 is 25.0 Å². The van der Waals surface area contributed by atoms with Crippen molar-refractivity contribution in [2.24, 2.45) is 17.8 Å². The average Bonchev–Trinajstić information content (AvgIpc) is 3.36. The van der Waals surface area contributed by atoms with Gasteiger partial charge in [-0.15, -0.1) is 0 Å². The molecular formula is C29H44NO7P. The first-order valence-electron chi connectivity index (χ1n) is 14.2. The summed E-state index contributed by atoms with van der Waals surface area (Å²) in [5, 5.41) is 9.98. The Morgan fingerprint density at radius 1 is 1.05 bits per heavy atom. The number of benzene rings is 1. The minimum atomic E-state index is -4.09. The molecule has 1 aliphatic carbocycles. The number of hydrogen-bond acceptors (Lipinski definition) is 6. The molecule has 4 atom stereocenters. The van der Waals surface area contributed by atoms with Crippen molar-refractivity contribution in [3.8, 4) is 0 Å². The van der Waals surface area contributed by atoms with E-state index >= 15 is 0 Å². The molecule has 1 saturated heterocycles. The molecule has 1 aromatic carbocycles. The van der Waals surface area contributed by atoms with Crippen molar-refractivity contribution < 1.29 is 33.3 Å². The highest BCUT2D eigenvalue weighted by Crippen LogP contribution is 2.54. The van der Waals surface area contributed by atoms with Crippen LogP contribution < -0.4 is 0 Å². The van der Waals surface area contributed by atoms with Gasteiger partial charge in [0, 0.05) is 12.7 Å². The molecule has 2 fully saturated rings. The van der Waals surface area contributed by atoms with Gasteiger partial charge in [0.15, 0.2) is 6.10 Å². The molecule has 2 aliphatic rings. The summed E-state index contributed by atoms with van der Waals surface area (Å²) in [4.78, 5) is 40.1. The van der Waals surface area contributed by atoms with E-state index in [4.69, 9.17) is 9.26 Å². The number of aryl methyl sites for hydroxylation is 1. The van der Waals surface area contributed by atoms with Crippen molar-refractivity contribution in [1.82, 2.24) is 4.90 Å². The van der Waals surface area contributed by atoms with Gasteiger partial charge in [-0.1, -0.05) is 76.3 Å². The SMILES string of the molecule is CCOC(=O)C(OP(=O)(CCCCc1ccccc1)C(=O)N1C[C@H](C2CCCCC2)C[C@H]1C(=O)O)C(C)C. The van der Waals surface area contributed by atoms with E-state index in [-0.39, 0.29) is 31.1 Å². The summed E-state index contributed by atoms with van der Waals surface area (Å²) < 4.78 is 25.5. The number of nitrogens with zero attached hydrogens (tertiary/aromatic N) is 1. The van der Waals surface area contributed by atoms with Crippen LogP contribution in [0.2, 0.25) is 0 Å². The number of aliphatic carboxylic acids is 1. The van der Waals surface area contributed by atoms with Crippen molar-refractivity contribution in [3.05, 3.63) is 35.9 Å². The molecule has 1 heterocycles. The van der Waals surface area contributed by atoms with Gasteiger partial charge in [0.1, 0.15) is 6.04 Å². The molecular weight excluding hydrogens is 505 g/mol. The van der Waals surface area contributed by atoms with Crippen LogP contribution in [-0.4, -0.2) is 59.1 Å². The minimum Gasteiger partial charge on any atom is -0.480 e. The number of hydrogen-bond donors (Lipinski definition) is 1. The first-order chi connectivity index (χ1) is 18.2. The lowest BCUT2D eigenvalue weighted by molar-refractivity contribution is -0.153. The van der Waals surface area contributed by atoms with E-state index < -0.39 is 37.1 Å². The lowest BCUT2D eigenvalue weighted by Gasteiger charge is -2.30. The Morgan fingerprint density at radius 2 is 1.74 bits per heavy atom. The number of ether oxygens (including phenoxy) is 1. The fourth-order valence-corrected chi connectivity index (χ4v) is 8.12. The first kappa shape index (κ1) is 30.4. The number of amides is 1. The van der Waals surface area contributed by atoms with Gasteiger partial charge in [0.05, 0.1) is 6.61 Å². The third-order valence-corrected chi connectivity index (χ3v) is 10.2. The summed E-state index contributed by atoms with van der Waals surface area (Å²) in [6, 6.07) is 8.87. The van der Waals surface area contributed by atoms with Crippen LogP contribution in [0, 0.1) is 17.8 Å². The molecule has 0 bridgehead atoms. The zero-order chi connectivity index (χ0) is 27.7. The highest BCUT2D eigenvalue weighted by atomic mass is 31.2. The molecule has 3 rings (SSSR count). The van der Waals surface area contributed by atoms with Gasteiger partial charge in [-0.25, -0.2) is 9.59 Å². The van der Waals surface area contributed by atoms with E-state index in [1.807, 2.05) is 30.3 Å². The number of carbonyl (C=O) groups is 3. The molecule has 0 spiro atoms. The Bertz CT molecular complexity index is 976. The fourth-order valence-electron chi connectivity index (χ4n) is 5.79. The number of esters is 1. The van der Waals surface area contributed by atoms with Gasteiger partial charge in [0.2, 0.25) is 0 Å². The number of carbonyl (C=O) groups excluding carboxylic acids is 2. The second-order valence-corrected chi connectivity index (χ2v) is 13.4. The van der Waals surface area contributed by atoms with Crippen molar-refractivity contribution in [3.63, 3.8) is 0 Å². The van der Waals surface area contributed by atoms with Crippen molar-refractivity contribution in [2.45, 2.75) is 90.7 Å². The van der Waals surface area contributed by atoms with Gasteiger partial charge in [-0.2, -0.15) is 0 Å². The predicted molar refractivity (Wildman–Crippen MR) is 146 cm³/mol. The largest absolute Gasteiger partial charge is 0.480 e. The lowest BCUT2D eigenvalue weighted by atomic mass is 9.79. The lowest BCUT2D eigenvalue weighted by Crippen LogP contribution is -2.41. The minimum absolute atomic E-state index is 0.0434. The summed E-state index contributed by atoms with van der Waals surface area (Å²) in [5.74, 6) is -1.67. The molecule has 1 N–H and O–H groups in total. The zero-order valence-electron chi connectivity index (χ0n) is 23.0. The van der Waals surface area contributed by atoms with Gasteiger partial charge in [-0.3, -0.25) is 9.36 Å². The van der Waals surface area contributed by atoms with Gasteiger partial charge in [0.25, 0.3) is 7.37 Å². The average molecular weight is 550 g/mol. The van der Waals surface area contributed by atoms with Crippen LogP contribution in [0.3, 0.4) is 0 Å². The van der Waals surface area contributed by atoms with E-state index in [1.54, 1.807) is 20.8 Å². The number of likely N-dealkylation sites (tertiary alicyclic amines) is 1. The normalized spacial score (nSPS) is 22.7. The number of carboxylic acid groups (broad SMARTS) is 1. The van der Waals surface area contributed by atoms with E-state index in [0.717, 1.165) is 37.7 Å². The fraction of sp³-hybridized carbons (Fsp3) is 0.690. The summed E-state index contributed by atoms with van der Waals surface area (Å²) >= 11 is 0. The molecule has 1 aromatic rings. The maximum absolute atomic E-state index is 14.4. The standard InChI is InChI=1S/C29H44NO7P/c1-4-36-28(33)26(21(2)3)37-38(35,18-12-11-15-22-13-7-5-8-14-22)29(34)30-20-24(19-25(30)27(31)32)23-16-9-6-10-17-23/h5,7-8,13-14,21,23-26H,4,6,9-12,15-20H2,1-3H3,(H,31,32)/t24-,25+,26?,38?/m1/s1. The Labute approximate surface area is 226 Å². The highest BCUT2D eigenvalue weighted by molar-refractivity contribution is 7.76. The highest BCUT2D eigenvalue weighted by Gasteiger charge is 2.49. The van der Waals surface area contributed by atoms with Crippen LogP contribution >= 0.6 is 7.37 Å². The van der Waals surface area contributed by atoms with Gasteiger partial charge in [-0.05, 0) is 55.9 Å². The van der Waals surface area contributed by atoms with Crippen LogP contribution in [0.5, 0.6) is 0 Å². The smallest absolute Gasteiger partial charge is 0.336 e. The van der Waals surface area contributed by atoms with Crippen LogP contribution in [0.25, 0.3) is 0 Å². The molecule has 0 radical (unpaired) electrons. The molecule has 212 valence electrons. The van der Waals surface area contributed by atoms with Crippen LogP contribution in [0.15, 0.2) is 30.3 Å². The van der Waals surface area contributed by atoms with E-state index in [1.165, 1.54) is 11.3 Å². The molecule has 1 saturated carbocycles. The second-order valence-electron chi connectivity index (χ2n) is 11.0. The maximum atomic E-state index is 14.4. The third-order valence-electron chi connectivity index (χ3n) is 7.89. The molecule has 38 heavy (non-hydrogen) atoms. The molecule has 1 amide bonds. The molecule has 9 heteroatoms. The van der Waals surface area contributed by atoms with Crippen LogP contribution in [-0.2, 0) is 29.8 Å². The van der Waals surface area contributed by atoms with Crippen LogP contribution in [0.1, 0.15) is 77.7 Å². The topological polar surface area (TPSA) is 110 Å². The van der Waals surface area contributed by atoms with E-state index in [2.05, 4.69) is 0 Å². The summed E-state index contributed by atoms with van der Waals surface area (Å²) in [6.45, 7) is 5.58. The Hall–Kier alpha value is -2.18. The summed E-state index contributed by atoms with van der Waals surface area (Å²) in [5.41, 5.74) is 0.375. The van der Waals surface area contributed by atoms with Crippen LogP contribution in [0.4, 0.5) is 4.79 Å². The van der Waals surface area contributed by atoms with Gasteiger partial charge < -0.3 is 19.3 Å². The molecule has 8 nitrogen and oxygen atoms in total. The zero-order valence-corrected chi connectivity index (χ0v) is 23.9. The van der Waals surface area contributed by atoms with Crippen molar-refractivity contribution in [1.29, 1.82) is 0 Å². The first-order valence-corrected chi connectivity index (χ1v) is 16.0. The monoisotopic (exact) mass is 549 g/mol. The molecule has 0 aromatic heterocycles. The van der Waals surface area contributed by atoms with E-state index in [9.17, 15) is 24.1 Å². The Kier molecular flexibility index (Phi) is 11.4. The second kappa shape index (κ2) is 14.3. The third kappa shape index (κ3) is 7.92. The molecule has 2 unspecified atom stereocenters. The van der Waals surface area contributed by atoms with E-state index in [0.29, 0.717) is 25.2 Å². The van der Waals surface area contributed by atoms with Gasteiger partial charge >= 0.3 is 17.6 Å². The molecule has 1 aliphatic heterocycles. The predicted octanol–water partition coefficient (Wildman–Crippen LogP) is 6.37. The summed E-state index contributed by atoms with van der Waals surface area (Å²) in [6.07, 6.45) is 6.53. The summed E-state index contributed by atoms with van der Waals surface area (Å²) in [7, 11) is -4.09. The quantitative estimate of drug-likeness (QED) is 0.173. The number of unbranched alkanes of at least 4 members (excludes halogenated alkanes) is 1. The Balaban J connectivity index is 1.81. The number of rotatable bonds is 13. The maximum Gasteiger partial charge on any atom is 0.336 e. The Morgan fingerprint density at radius 3 is 2.34 bits per heavy atom.